The van der Waals surface area contributed by atoms with Gasteiger partial charge < -0.3 is 0 Å². The van der Waals surface area contributed by atoms with Crippen LogP contribution in [0.1, 0.15) is 35.0 Å². The van der Waals surface area contributed by atoms with Gasteiger partial charge in [-0.25, -0.2) is 4.98 Å². The molecule has 0 amide bonds. The largest absolute Gasteiger partial charge is 0.294 e. The van der Waals surface area contributed by atoms with Crippen molar-refractivity contribution in [3.8, 4) is 0 Å². The first-order valence-corrected chi connectivity index (χ1v) is 9.14. The molecule has 0 aliphatic heterocycles. The third-order valence-electron chi connectivity index (χ3n) is 4.31. The van der Waals surface area contributed by atoms with E-state index in [2.05, 4.69) is 15.1 Å². The number of hydrogen-bond acceptors (Lipinski definition) is 7. The fourth-order valence-electron chi connectivity index (χ4n) is 3.09. The summed E-state index contributed by atoms with van der Waals surface area (Å²) in [6.45, 7) is 2.04. The summed E-state index contributed by atoms with van der Waals surface area (Å²) in [7, 11) is 0. The van der Waals surface area contributed by atoms with Gasteiger partial charge in [0.15, 0.2) is 5.78 Å². The number of nitro benzene ring substituents is 1. The lowest BCUT2D eigenvalue weighted by Crippen LogP contribution is -2.21. The predicted molar refractivity (Wildman–Crippen MR) is 95.3 cm³/mol. The summed E-state index contributed by atoms with van der Waals surface area (Å²) >= 11 is 1.38. The first kappa shape index (κ1) is 16.6. The second kappa shape index (κ2) is 6.49. The molecule has 1 aliphatic carbocycles. The van der Waals surface area contributed by atoms with Crippen LogP contribution in [-0.2, 0) is 12.2 Å². The van der Waals surface area contributed by atoms with Gasteiger partial charge in [0.25, 0.3) is 11.5 Å². The Kier molecular flexibility index (Phi) is 4.15. The molecule has 132 valence electrons. The number of non-ortho nitro benzene ring substituents is 1. The highest BCUT2D eigenvalue weighted by atomic mass is 32.2. The SMILES string of the molecule is CC1CC(=O)c2cnc3nc(SCc4cccc([N+](=O)[O-])c4)nn3c2C1. The molecule has 2 heterocycles. The van der Waals surface area contributed by atoms with Crippen molar-refractivity contribution < 1.29 is 9.72 Å². The maximum Gasteiger partial charge on any atom is 0.269 e. The third kappa shape index (κ3) is 3.05. The molecule has 26 heavy (non-hydrogen) atoms. The van der Waals surface area contributed by atoms with Crippen molar-refractivity contribution in [3.05, 3.63) is 57.4 Å². The van der Waals surface area contributed by atoms with E-state index in [4.69, 9.17) is 0 Å². The number of aromatic nitrogens is 4. The number of rotatable bonds is 4. The van der Waals surface area contributed by atoms with Gasteiger partial charge in [-0.1, -0.05) is 30.8 Å². The van der Waals surface area contributed by atoms with Crippen LogP contribution in [0.3, 0.4) is 0 Å². The quantitative estimate of drug-likeness (QED) is 0.395. The minimum absolute atomic E-state index is 0.0642. The van der Waals surface area contributed by atoms with Crippen molar-refractivity contribution in [3.63, 3.8) is 0 Å². The number of benzene rings is 1. The zero-order chi connectivity index (χ0) is 18.3. The summed E-state index contributed by atoms with van der Waals surface area (Å²) in [6.07, 6.45) is 2.88. The van der Waals surface area contributed by atoms with E-state index in [1.807, 2.05) is 13.0 Å². The fraction of sp³-hybridized carbons (Fsp3) is 0.294. The summed E-state index contributed by atoms with van der Waals surface area (Å²) in [5.41, 5.74) is 2.36. The molecule has 3 aromatic rings. The Labute approximate surface area is 152 Å². The number of Topliss-reactive ketones (excluding diaryl/α,β-unsaturated/α-hetero) is 1. The van der Waals surface area contributed by atoms with Gasteiger partial charge in [-0.2, -0.15) is 9.50 Å². The first-order chi connectivity index (χ1) is 12.5. The molecule has 0 saturated heterocycles. The summed E-state index contributed by atoms with van der Waals surface area (Å²) in [4.78, 5) is 31.3. The van der Waals surface area contributed by atoms with Gasteiger partial charge in [-0.15, -0.1) is 5.10 Å². The third-order valence-corrected chi connectivity index (χ3v) is 5.22. The molecule has 0 radical (unpaired) electrons. The minimum Gasteiger partial charge on any atom is -0.294 e. The molecule has 1 aliphatic rings. The van der Waals surface area contributed by atoms with Crippen LogP contribution in [0.25, 0.3) is 5.78 Å². The van der Waals surface area contributed by atoms with E-state index in [-0.39, 0.29) is 17.4 Å². The maximum absolute atomic E-state index is 12.2. The van der Waals surface area contributed by atoms with Gasteiger partial charge in [-0.3, -0.25) is 14.9 Å². The molecule has 1 aromatic carbocycles. The number of hydrogen-bond donors (Lipinski definition) is 0. The van der Waals surface area contributed by atoms with E-state index in [9.17, 15) is 14.9 Å². The second-order valence-electron chi connectivity index (χ2n) is 6.38. The van der Waals surface area contributed by atoms with Gasteiger partial charge in [0.2, 0.25) is 5.16 Å². The Balaban J connectivity index is 1.60. The number of thioether (sulfide) groups is 1. The highest BCUT2D eigenvalue weighted by Crippen LogP contribution is 2.27. The fourth-order valence-corrected chi connectivity index (χ4v) is 3.85. The van der Waals surface area contributed by atoms with Gasteiger partial charge in [0.1, 0.15) is 0 Å². The molecular formula is C17H15N5O3S. The van der Waals surface area contributed by atoms with E-state index in [1.54, 1.807) is 22.8 Å². The predicted octanol–water partition coefficient (Wildman–Crippen LogP) is 3.09. The van der Waals surface area contributed by atoms with E-state index in [1.165, 1.54) is 17.8 Å². The van der Waals surface area contributed by atoms with Crippen LogP contribution >= 0.6 is 11.8 Å². The molecule has 1 atom stereocenters. The number of ketones is 1. The number of fused-ring (bicyclic) bond motifs is 3. The molecule has 0 saturated carbocycles. The standard InChI is InChI=1S/C17H15N5O3S/c1-10-5-14-13(15(23)6-10)8-18-16-19-17(20-21(14)16)26-9-11-3-2-4-12(7-11)22(24)25/h2-4,7-8,10H,5-6,9H2,1H3. The summed E-state index contributed by atoms with van der Waals surface area (Å²) in [6, 6.07) is 6.50. The lowest BCUT2D eigenvalue weighted by Gasteiger charge is -2.19. The van der Waals surface area contributed by atoms with Crippen LogP contribution in [0.5, 0.6) is 0 Å². The second-order valence-corrected chi connectivity index (χ2v) is 7.32. The number of carbonyl (C=O) groups excluding carboxylic acids is 1. The Morgan fingerprint density at radius 2 is 2.23 bits per heavy atom. The minimum atomic E-state index is -0.411. The molecule has 2 aromatic heterocycles. The zero-order valence-corrected chi connectivity index (χ0v) is 14.8. The van der Waals surface area contributed by atoms with Crippen molar-refractivity contribution in [1.82, 2.24) is 19.6 Å². The van der Waals surface area contributed by atoms with Gasteiger partial charge in [-0.05, 0) is 17.9 Å². The summed E-state index contributed by atoms with van der Waals surface area (Å²) in [5.74, 6) is 1.34. The van der Waals surface area contributed by atoms with Gasteiger partial charge >= 0.3 is 0 Å². The molecule has 4 rings (SSSR count). The highest BCUT2D eigenvalue weighted by molar-refractivity contribution is 7.98. The van der Waals surface area contributed by atoms with Crippen molar-refractivity contribution in [2.75, 3.05) is 0 Å². The Hall–Kier alpha value is -2.81. The highest BCUT2D eigenvalue weighted by Gasteiger charge is 2.26. The number of nitro groups is 1. The zero-order valence-electron chi connectivity index (χ0n) is 14.0. The molecule has 0 N–H and O–H groups in total. The molecule has 0 spiro atoms. The van der Waals surface area contributed by atoms with Crippen LogP contribution in [0.4, 0.5) is 5.69 Å². The summed E-state index contributed by atoms with van der Waals surface area (Å²) < 4.78 is 1.65. The smallest absolute Gasteiger partial charge is 0.269 e. The number of carbonyl (C=O) groups is 1. The maximum atomic E-state index is 12.2. The molecule has 1 unspecified atom stereocenters. The first-order valence-electron chi connectivity index (χ1n) is 8.15. The van der Waals surface area contributed by atoms with Crippen LogP contribution < -0.4 is 0 Å². The van der Waals surface area contributed by atoms with Crippen molar-refractivity contribution in [1.29, 1.82) is 0 Å². The summed E-state index contributed by atoms with van der Waals surface area (Å²) in [5, 5.41) is 15.9. The van der Waals surface area contributed by atoms with Crippen molar-refractivity contribution >= 4 is 29.0 Å². The van der Waals surface area contributed by atoms with E-state index >= 15 is 0 Å². The average Bonchev–Trinajstić information content (AvgIpc) is 3.03. The lowest BCUT2D eigenvalue weighted by molar-refractivity contribution is -0.384. The van der Waals surface area contributed by atoms with E-state index in [0.29, 0.717) is 28.7 Å². The lowest BCUT2D eigenvalue weighted by atomic mass is 9.88. The Morgan fingerprint density at radius 1 is 1.38 bits per heavy atom. The topological polar surface area (TPSA) is 103 Å². The van der Waals surface area contributed by atoms with Crippen molar-refractivity contribution in [2.45, 2.75) is 30.7 Å². The monoisotopic (exact) mass is 369 g/mol. The van der Waals surface area contributed by atoms with Crippen molar-refractivity contribution in [2.24, 2.45) is 5.92 Å². The Morgan fingerprint density at radius 3 is 3.04 bits per heavy atom. The van der Waals surface area contributed by atoms with Crippen LogP contribution in [0, 0.1) is 16.0 Å². The van der Waals surface area contributed by atoms with Crippen LogP contribution in [0.2, 0.25) is 0 Å². The molecule has 8 nitrogen and oxygen atoms in total. The normalized spacial score (nSPS) is 16.7. The molecule has 0 fully saturated rings. The van der Waals surface area contributed by atoms with Gasteiger partial charge in [0, 0.05) is 30.5 Å². The Bertz CT molecular complexity index is 1030. The van der Waals surface area contributed by atoms with Gasteiger partial charge in [0.05, 0.1) is 16.2 Å². The molecular weight excluding hydrogens is 354 g/mol. The molecule has 9 heteroatoms. The van der Waals surface area contributed by atoms with Crippen LogP contribution in [0.15, 0.2) is 35.6 Å². The number of nitrogens with zero attached hydrogens (tertiary/aromatic N) is 5. The van der Waals surface area contributed by atoms with E-state index < -0.39 is 4.92 Å². The van der Waals surface area contributed by atoms with Crippen LogP contribution in [-0.4, -0.2) is 30.3 Å². The average molecular weight is 369 g/mol. The van der Waals surface area contributed by atoms with E-state index in [0.717, 1.165) is 17.7 Å². The molecule has 0 bridgehead atoms.